The van der Waals surface area contributed by atoms with Gasteiger partial charge in [-0.15, -0.1) is 0 Å². The van der Waals surface area contributed by atoms with Crippen molar-refractivity contribution in [3.8, 4) is 0 Å². The molecule has 1 aliphatic heterocycles. The van der Waals surface area contributed by atoms with E-state index in [0.29, 0.717) is 12.2 Å². The number of carbonyl (C=O) groups excluding carboxylic acids is 1. The van der Waals surface area contributed by atoms with E-state index in [4.69, 9.17) is 22.7 Å². The van der Waals surface area contributed by atoms with Gasteiger partial charge in [0.1, 0.15) is 10.8 Å². The summed E-state index contributed by atoms with van der Waals surface area (Å²) < 4.78 is 18.7. The third-order valence-corrected chi connectivity index (χ3v) is 3.74. The topological polar surface area (TPSA) is 55.6 Å². The molecule has 0 radical (unpaired) electrons. The molecule has 0 bridgehead atoms. The summed E-state index contributed by atoms with van der Waals surface area (Å²) in [6, 6.07) is 4.73. The number of hydrogen-bond acceptors (Lipinski definition) is 4. The third-order valence-electron chi connectivity index (χ3n) is 3.53. The molecule has 20 heavy (non-hydrogen) atoms. The van der Waals surface area contributed by atoms with Crippen LogP contribution in [0, 0.1) is 11.7 Å². The molecule has 1 aromatic carbocycles. The normalized spacial score (nSPS) is 18.7. The standard InChI is InChI=1S/C14H17FN2O2S/c1-19-14(18)9-4-3-7-17(8-9)11-6-2-5-10(15)12(11)13(16)20/h2,5-6,9H,3-4,7-8H2,1H3,(H2,16,20). The van der Waals surface area contributed by atoms with Crippen molar-refractivity contribution in [2.75, 3.05) is 25.1 Å². The highest BCUT2D eigenvalue weighted by Crippen LogP contribution is 2.28. The molecule has 0 saturated carbocycles. The van der Waals surface area contributed by atoms with Crippen molar-refractivity contribution in [1.82, 2.24) is 0 Å². The average molecular weight is 296 g/mol. The first-order chi connectivity index (χ1) is 9.54. The van der Waals surface area contributed by atoms with Gasteiger partial charge in [0.2, 0.25) is 0 Å². The number of thiocarbonyl (C=S) groups is 1. The Kier molecular flexibility index (Phi) is 4.54. The summed E-state index contributed by atoms with van der Waals surface area (Å²) in [6.07, 6.45) is 1.62. The molecule has 1 aliphatic rings. The summed E-state index contributed by atoms with van der Waals surface area (Å²) in [7, 11) is 1.38. The van der Waals surface area contributed by atoms with E-state index in [0.717, 1.165) is 19.4 Å². The maximum absolute atomic E-state index is 13.9. The Morgan fingerprint density at radius 1 is 1.55 bits per heavy atom. The SMILES string of the molecule is COC(=O)C1CCCN(c2cccc(F)c2C(N)=S)C1. The van der Waals surface area contributed by atoms with Crippen molar-refractivity contribution in [3.63, 3.8) is 0 Å². The summed E-state index contributed by atoms with van der Waals surface area (Å²) in [5, 5.41) is 0. The molecule has 1 heterocycles. The van der Waals surface area contributed by atoms with E-state index in [9.17, 15) is 9.18 Å². The largest absolute Gasteiger partial charge is 0.469 e. The zero-order valence-corrected chi connectivity index (χ0v) is 12.1. The Balaban J connectivity index is 2.30. The first-order valence-corrected chi connectivity index (χ1v) is 6.86. The highest BCUT2D eigenvalue weighted by Gasteiger charge is 2.28. The van der Waals surface area contributed by atoms with Gasteiger partial charge in [0.25, 0.3) is 0 Å². The zero-order chi connectivity index (χ0) is 14.7. The fourth-order valence-corrected chi connectivity index (χ4v) is 2.78. The smallest absolute Gasteiger partial charge is 0.310 e. The maximum Gasteiger partial charge on any atom is 0.310 e. The van der Waals surface area contributed by atoms with Crippen molar-refractivity contribution in [2.24, 2.45) is 11.7 Å². The molecule has 1 fully saturated rings. The Bertz CT molecular complexity index is 536. The number of nitrogens with two attached hydrogens (primary N) is 1. The minimum absolute atomic E-state index is 0.0262. The number of carbonyl (C=O) groups is 1. The zero-order valence-electron chi connectivity index (χ0n) is 11.3. The number of piperidine rings is 1. The second kappa shape index (κ2) is 6.17. The van der Waals surface area contributed by atoms with E-state index < -0.39 is 5.82 Å². The number of nitrogens with zero attached hydrogens (tertiary/aromatic N) is 1. The van der Waals surface area contributed by atoms with E-state index in [1.807, 2.05) is 4.90 Å². The van der Waals surface area contributed by atoms with Crippen LogP contribution in [0.1, 0.15) is 18.4 Å². The summed E-state index contributed by atoms with van der Waals surface area (Å²) in [6.45, 7) is 1.23. The lowest BCUT2D eigenvalue weighted by atomic mass is 9.97. The molecule has 1 saturated heterocycles. The molecule has 6 heteroatoms. The molecule has 108 valence electrons. The summed E-state index contributed by atoms with van der Waals surface area (Å²) in [5.74, 6) is -0.866. The van der Waals surface area contributed by atoms with Crippen LogP contribution in [0.3, 0.4) is 0 Å². The number of methoxy groups -OCH3 is 1. The first kappa shape index (κ1) is 14.7. The van der Waals surface area contributed by atoms with Crippen LogP contribution in [0.4, 0.5) is 10.1 Å². The van der Waals surface area contributed by atoms with Gasteiger partial charge < -0.3 is 15.4 Å². The Hall–Kier alpha value is -1.69. The van der Waals surface area contributed by atoms with Crippen molar-refractivity contribution < 1.29 is 13.9 Å². The van der Waals surface area contributed by atoms with Gasteiger partial charge in [0, 0.05) is 18.8 Å². The predicted octanol–water partition coefficient (Wildman–Crippen LogP) is 1.85. The van der Waals surface area contributed by atoms with Gasteiger partial charge in [-0.05, 0) is 25.0 Å². The lowest BCUT2D eigenvalue weighted by Gasteiger charge is -2.34. The number of benzene rings is 1. The predicted molar refractivity (Wildman–Crippen MR) is 79.2 cm³/mol. The number of halogens is 1. The highest BCUT2D eigenvalue weighted by molar-refractivity contribution is 7.80. The van der Waals surface area contributed by atoms with Crippen LogP contribution in [0.2, 0.25) is 0 Å². The summed E-state index contributed by atoms with van der Waals surface area (Å²) >= 11 is 4.93. The Labute approximate surface area is 122 Å². The van der Waals surface area contributed by atoms with Gasteiger partial charge in [-0.1, -0.05) is 18.3 Å². The van der Waals surface area contributed by atoms with Crippen LogP contribution < -0.4 is 10.6 Å². The molecular formula is C14H17FN2O2S. The molecule has 1 aromatic rings. The molecule has 0 amide bonds. The van der Waals surface area contributed by atoms with E-state index in [1.165, 1.54) is 13.2 Å². The van der Waals surface area contributed by atoms with Crippen molar-refractivity contribution in [2.45, 2.75) is 12.8 Å². The van der Waals surface area contributed by atoms with Crippen LogP contribution in [0.5, 0.6) is 0 Å². The van der Waals surface area contributed by atoms with Gasteiger partial charge in [-0.2, -0.15) is 0 Å². The second-order valence-corrected chi connectivity index (χ2v) is 5.25. The number of rotatable bonds is 3. The third kappa shape index (κ3) is 2.90. The first-order valence-electron chi connectivity index (χ1n) is 6.45. The minimum atomic E-state index is -0.435. The highest BCUT2D eigenvalue weighted by atomic mass is 32.1. The van der Waals surface area contributed by atoms with Crippen LogP contribution >= 0.6 is 12.2 Å². The van der Waals surface area contributed by atoms with Crippen molar-refractivity contribution >= 4 is 28.9 Å². The van der Waals surface area contributed by atoms with Gasteiger partial charge in [0.05, 0.1) is 18.6 Å². The van der Waals surface area contributed by atoms with E-state index in [-0.39, 0.29) is 22.4 Å². The van der Waals surface area contributed by atoms with Crippen LogP contribution in [0.15, 0.2) is 18.2 Å². The van der Waals surface area contributed by atoms with E-state index in [1.54, 1.807) is 12.1 Å². The van der Waals surface area contributed by atoms with Crippen LogP contribution in [-0.4, -0.2) is 31.2 Å². The monoisotopic (exact) mass is 296 g/mol. The van der Waals surface area contributed by atoms with E-state index >= 15 is 0 Å². The number of anilines is 1. The summed E-state index contributed by atoms with van der Waals surface area (Å²) in [4.78, 5) is 13.6. The molecular weight excluding hydrogens is 279 g/mol. The Morgan fingerprint density at radius 3 is 2.95 bits per heavy atom. The van der Waals surface area contributed by atoms with Crippen LogP contribution in [0.25, 0.3) is 0 Å². The van der Waals surface area contributed by atoms with Gasteiger partial charge in [-0.25, -0.2) is 4.39 Å². The molecule has 2 N–H and O–H groups in total. The molecule has 2 rings (SSSR count). The fraction of sp³-hybridized carbons (Fsp3) is 0.429. The van der Waals surface area contributed by atoms with Crippen molar-refractivity contribution in [1.29, 1.82) is 0 Å². The molecule has 0 spiro atoms. The Morgan fingerprint density at radius 2 is 2.30 bits per heavy atom. The molecule has 1 atom stereocenters. The van der Waals surface area contributed by atoms with E-state index in [2.05, 4.69) is 0 Å². The number of ether oxygens (including phenoxy) is 1. The summed E-state index contributed by atoms with van der Waals surface area (Å²) in [5.41, 5.74) is 6.50. The van der Waals surface area contributed by atoms with Gasteiger partial charge in [-0.3, -0.25) is 4.79 Å². The van der Waals surface area contributed by atoms with Gasteiger partial charge in [0.15, 0.2) is 0 Å². The van der Waals surface area contributed by atoms with Gasteiger partial charge >= 0.3 is 5.97 Å². The van der Waals surface area contributed by atoms with Crippen molar-refractivity contribution in [3.05, 3.63) is 29.6 Å². The average Bonchev–Trinajstić information content (AvgIpc) is 2.45. The molecule has 0 aromatic heterocycles. The molecule has 4 nitrogen and oxygen atoms in total. The second-order valence-electron chi connectivity index (χ2n) is 4.81. The lowest BCUT2D eigenvalue weighted by Crippen LogP contribution is -2.40. The molecule has 1 unspecified atom stereocenters. The minimum Gasteiger partial charge on any atom is -0.469 e. The van der Waals surface area contributed by atoms with Crippen LogP contribution in [-0.2, 0) is 9.53 Å². The lowest BCUT2D eigenvalue weighted by molar-refractivity contribution is -0.145. The maximum atomic E-state index is 13.9. The number of esters is 1. The number of hydrogen-bond donors (Lipinski definition) is 1. The quantitative estimate of drug-likeness (QED) is 0.681. The molecule has 0 aliphatic carbocycles. The fourth-order valence-electron chi connectivity index (χ4n) is 2.58.